The van der Waals surface area contributed by atoms with Crippen LogP contribution in [0, 0.1) is 22.0 Å². The van der Waals surface area contributed by atoms with E-state index in [4.69, 9.17) is 16.2 Å². The SMILES string of the molecule is C[C@@H](O)[C@H]1C(=O)N2C(C(=O)OCc3ccc([N+](=O)[O-])cc3)=C(S[C@H]3C[C@@H](C(=O)N4CC[C@H](NC(=O)CN=C(N)N)C4)N(C)C3)[C@H](C)[C@H]12.Cl. The van der Waals surface area contributed by atoms with Gasteiger partial charge in [-0.05, 0) is 44.5 Å². The van der Waals surface area contributed by atoms with Gasteiger partial charge in [-0.15, -0.1) is 24.2 Å². The summed E-state index contributed by atoms with van der Waals surface area (Å²) in [5.74, 6) is -2.48. The maximum absolute atomic E-state index is 13.6. The van der Waals surface area contributed by atoms with Crippen LogP contribution in [0.25, 0.3) is 0 Å². The molecule has 0 aliphatic carbocycles. The van der Waals surface area contributed by atoms with Gasteiger partial charge in [-0.2, -0.15) is 0 Å². The number of amides is 3. The first-order valence-electron chi connectivity index (χ1n) is 15.4. The zero-order valence-electron chi connectivity index (χ0n) is 26.8. The number of carbonyl (C=O) groups excluding carboxylic acids is 4. The van der Waals surface area contributed by atoms with Gasteiger partial charge in [-0.1, -0.05) is 6.92 Å². The van der Waals surface area contributed by atoms with Crippen LogP contribution in [0.5, 0.6) is 0 Å². The molecule has 16 nitrogen and oxygen atoms in total. The zero-order valence-corrected chi connectivity index (χ0v) is 28.4. The molecule has 3 saturated heterocycles. The first-order chi connectivity index (χ1) is 22.3. The average Bonchev–Trinajstić information content (AvgIpc) is 3.69. The molecule has 0 bridgehead atoms. The number of likely N-dealkylation sites (tertiary alicyclic amines) is 2. The van der Waals surface area contributed by atoms with Crippen LogP contribution in [-0.2, 0) is 30.5 Å². The number of guanidine groups is 1. The fourth-order valence-electron chi connectivity index (χ4n) is 6.83. The van der Waals surface area contributed by atoms with E-state index in [2.05, 4.69) is 10.3 Å². The van der Waals surface area contributed by atoms with Gasteiger partial charge >= 0.3 is 5.97 Å². The van der Waals surface area contributed by atoms with Crippen molar-refractivity contribution in [2.24, 2.45) is 28.3 Å². The van der Waals surface area contributed by atoms with Gasteiger partial charge in [-0.25, -0.2) is 9.79 Å². The summed E-state index contributed by atoms with van der Waals surface area (Å²) in [6.45, 7) is 4.60. The van der Waals surface area contributed by atoms with Crippen LogP contribution in [0.1, 0.15) is 32.3 Å². The minimum Gasteiger partial charge on any atom is -0.456 e. The number of nitro benzene ring substituents is 1. The number of nitrogens with two attached hydrogens (primary N) is 2. The zero-order chi connectivity index (χ0) is 34.2. The highest BCUT2D eigenvalue weighted by Crippen LogP contribution is 2.52. The molecule has 3 amide bonds. The fourth-order valence-corrected chi connectivity index (χ4v) is 8.43. The number of β-lactam (4-membered cyclic amide) rings is 1. The van der Waals surface area contributed by atoms with Crippen LogP contribution < -0.4 is 16.8 Å². The van der Waals surface area contributed by atoms with Crippen molar-refractivity contribution in [2.45, 2.75) is 62.8 Å². The van der Waals surface area contributed by atoms with E-state index >= 15 is 0 Å². The molecule has 18 heteroatoms. The van der Waals surface area contributed by atoms with Gasteiger partial charge in [0.2, 0.25) is 17.7 Å². The molecule has 1 aromatic rings. The Labute approximate surface area is 287 Å². The lowest BCUT2D eigenvalue weighted by Gasteiger charge is -2.46. The Morgan fingerprint density at radius 2 is 1.92 bits per heavy atom. The van der Waals surface area contributed by atoms with E-state index in [1.165, 1.54) is 40.9 Å². The minimum absolute atomic E-state index is 0. The number of benzene rings is 1. The van der Waals surface area contributed by atoms with Crippen molar-refractivity contribution in [3.05, 3.63) is 50.5 Å². The van der Waals surface area contributed by atoms with Crippen LogP contribution in [-0.4, -0.2) is 117 Å². The number of hydrogen-bond acceptors (Lipinski definition) is 11. The summed E-state index contributed by atoms with van der Waals surface area (Å²) in [7, 11) is 1.87. The third-order valence-electron chi connectivity index (χ3n) is 9.18. The van der Waals surface area contributed by atoms with E-state index in [9.17, 15) is 34.4 Å². The molecule has 1 aromatic carbocycles. The number of aliphatic imine (C=N–C) groups is 1. The number of rotatable bonds is 11. The van der Waals surface area contributed by atoms with Crippen molar-refractivity contribution in [3.63, 3.8) is 0 Å². The molecule has 7 atom stereocenters. The number of likely N-dealkylation sites (N-methyl/N-ethyl adjacent to an activating group) is 1. The highest BCUT2D eigenvalue weighted by Gasteiger charge is 2.60. The highest BCUT2D eigenvalue weighted by molar-refractivity contribution is 8.03. The Balaban J connectivity index is 0.00000520. The summed E-state index contributed by atoms with van der Waals surface area (Å²) < 4.78 is 5.61. The van der Waals surface area contributed by atoms with E-state index in [1.807, 2.05) is 18.9 Å². The summed E-state index contributed by atoms with van der Waals surface area (Å²) >= 11 is 1.46. The number of nitro groups is 1. The summed E-state index contributed by atoms with van der Waals surface area (Å²) in [6, 6.07) is 4.65. The van der Waals surface area contributed by atoms with Crippen molar-refractivity contribution >= 4 is 59.5 Å². The minimum atomic E-state index is -0.895. The number of nitrogens with zero attached hydrogens (tertiary/aromatic N) is 5. The molecule has 0 radical (unpaired) electrons. The summed E-state index contributed by atoms with van der Waals surface area (Å²) in [6.07, 6.45) is 0.227. The molecule has 6 N–H and O–H groups in total. The molecule has 262 valence electrons. The number of fused-ring (bicyclic) bond motifs is 1. The number of nitrogens with one attached hydrogen (secondary N) is 1. The fraction of sp³-hybridized carbons (Fsp3) is 0.567. The predicted molar refractivity (Wildman–Crippen MR) is 178 cm³/mol. The normalized spacial score (nSPS) is 27.1. The lowest BCUT2D eigenvalue weighted by Crippen LogP contribution is -2.63. The molecule has 5 rings (SSSR count). The van der Waals surface area contributed by atoms with Crippen LogP contribution in [0.4, 0.5) is 5.69 Å². The monoisotopic (exact) mass is 708 g/mol. The smallest absolute Gasteiger partial charge is 0.356 e. The lowest BCUT2D eigenvalue weighted by atomic mass is 9.79. The van der Waals surface area contributed by atoms with Crippen LogP contribution in [0.15, 0.2) is 39.9 Å². The molecule has 4 aliphatic heterocycles. The Bertz CT molecular complexity index is 1500. The molecular weight excluding hydrogens is 668 g/mol. The van der Waals surface area contributed by atoms with Gasteiger partial charge in [-0.3, -0.25) is 29.4 Å². The number of non-ortho nitro benzene ring substituents is 1. The maximum Gasteiger partial charge on any atom is 0.356 e. The Morgan fingerprint density at radius 1 is 1.23 bits per heavy atom. The van der Waals surface area contributed by atoms with Gasteiger partial charge in [0.25, 0.3) is 5.69 Å². The van der Waals surface area contributed by atoms with E-state index in [0.717, 1.165) is 0 Å². The van der Waals surface area contributed by atoms with Gasteiger partial charge in [0.15, 0.2) is 5.96 Å². The highest BCUT2D eigenvalue weighted by atomic mass is 35.5. The first kappa shape index (κ1) is 36.9. The molecular formula is C30H41ClN8O8S. The maximum atomic E-state index is 13.6. The molecule has 0 spiro atoms. The predicted octanol–water partition coefficient (Wildman–Crippen LogP) is -0.0747. The summed E-state index contributed by atoms with van der Waals surface area (Å²) in [5.41, 5.74) is 11.2. The second-order valence-electron chi connectivity index (χ2n) is 12.5. The molecule has 0 unspecified atom stereocenters. The molecule has 48 heavy (non-hydrogen) atoms. The molecule has 0 saturated carbocycles. The number of aliphatic hydroxyl groups excluding tert-OH is 1. The number of halogens is 1. The van der Waals surface area contributed by atoms with Crippen molar-refractivity contribution in [2.75, 3.05) is 33.2 Å². The molecule has 3 fully saturated rings. The van der Waals surface area contributed by atoms with E-state index < -0.39 is 35.0 Å². The largest absolute Gasteiger partial charge is 0.456 e. The first-order valence-corrected chi connectivity index (χ1v) is 16.3. The summed E-state index contributed by atoms with van der Waals surface area (Å²) in [4.78, 5) is 72.4. The van der Waals surface area contributed by atoms with Crippen LogP contribution in [0.2, 0.25) is 0 Å². The molecule has 4 heterocycles. The van der Waals surface area contributed by atoms with Gasteiger partial charge < -0.3 is 36.4 Å². The Hall–Kier alpha value is -3.93. The van der Waals surface area contributed by atoms with Gasteiger partial charge in [0, 0.05) is 53.9 Å². The second kappa shape index (κ2) is 15.1. The third kappa shape index (κ3) is 7.53. The lowest BCUT2D eigenvalue weighted by molar-refractivity contribution is -0.384. The average molecular weight is 709 g/mol. The van der Waals surface area contributed by atoms with E-state index in [0.29, 0.717) is 42.9 Å². The number of aliphatic hydroxyl groups is 1. The summed E-state index contributed by atoms with van der Waals surface area (Å²) in [5, 5.41) is 24.1. The van der Waals surface area contributed by atoms with Crippen molar-refractivity contribution in [1.82, 2.24) is 20.0 Å². The van der Waals surface area contributed by atoms with E-state index in [-0.39, 0.29) is 77.8 Å². The Kier molecular flexibility index (Phi) is 11.6. The third-order valence-corrected chi connectivity index (χ3v) is 10.7. The topological polar surface area (TPSA) is 227 Å². The second-order valence-corrected chi connectivity index (χ2v) is 13.8. The van der Waals surface area contributed by atoms with Gasteiger partial charge in [0.1, 0.15) is 18.8 Å². The number of esters is 1. The van der Waals surface area contributed by atoms with Crippen molar-refractivity contribution in [3.8, 4) is 0 Å². The number of hydrogen-bond donors (Lipinski definition) is 4. The molecule has 0 aromatic heterocycles. The number of thioether (sulfide) groups is 1. The number of ether oxygens (including phenoxy) is 1. The van der Waals surface area contributed by atoms with E-state index in [1.54, 1.807) is 11.8 Å². The number of carbonyl (C=O) groups is 4. The van der Waals surface area contributed by atoms with Gasteiger partial charge in [0.05, 0.1) is 29.0 Å². The van der Waals surface area contributed by atoms with Crippen molar-refractivity contribution in [1.29, 1.82) is 0 Å². The van der Waals surface area contributed by atoms with Crippen LogP contribution >= 0.6 is 24.2 Å². The van der Waals surface area contributed by atoms with Crippen molar-refractivity contribution < 1.29 is 33.9 Å². The molecule has 4 aliphatic rings. The standard InChI is InChI=1S/C30H40N8O8S.ClH/c1-15-24-23(16(2)39)28(42)37(24)25(29(43)46-14-17-4-6-19(7-5-17)38(44)45)26(15)47-20-10-21(35(3)13-20)27(41)36-9-8-18(12-36)34-22(40)11-33-30(31)32;/h4-7,15-16,18,20-21,23-24,39H,8-14H2,1-3H3,(H,34,40)(H4,31,32,33);1H/t15-,16-,18+,20+,21+,23-,24-;/m1./s1. The van der Waals surface area contributed by atoms with Crippen LogP contribution in [0.3, 0.4) is 0 Å². The Morgan fingerprint density at radius 3 is 2.54 bits per heavy atom. The quantitative estimate of drug-likeness (QED) is 0.0592.